The molecule has 3 rings (SSSR count). The smallest absolute Gasteiger partial charge is 0.353 e. The summed E-state index contributed by atoms with van der Waals surface area (Å²) in [5.41, 5.74) is -1.29. The predicted octanol–water partition coefficient (Wildman–Crippen LogP) is 1.37. The van der Waals surface area contributed by atoms with Gasteiger partial charge in [-0.1, -0.05) is 23.7 Å². The van der Waals surface area contributed by atoms with E-state index in [0.717, 1.165) is 15.2 Å². The molecule has 3 N–H and O–H groups in total. The lowest BCUT2D eigenvalue weighted by Crippen LogP contribution is -2.57. The van der Waals surface area contributed by atoms with Crippen LogP contribution in [0.5, 0.6) is 5.75 Å². The molecule has 0 atom stereocenters. The van der Waals surface area contributed by atoms with E-state index in [9.17, 15) is 18.8 Å². The van der Waals surface area contributed by atoms with E-state index in [1.54, 1.807) is 38.1 Å². The number of amides is 1. The standard InChI is InChI=1S/C23H23ClFN7O4/c1-14(2)36-19-8-7-17(11-18(19)25)29-21-31(12-15-3-5-16(24)6-4-15)22(34)30(23(35)32(21)27)10-9-20(33)28-13-26/h3-8,11,14H,9-10,12,27H2,1-2H3,(H,28,33)/b29-21-. The number of halogens is 2. The first-order valence-electron chi connectivity index (χ1n) is 10.8. The van der Waals surface area contributed by atoms with Gasteiger partial charge < -0.3 is 10.6 Å². The average Bonchev–Trinajstić information content (AvgIpc) is 2.82. The lowest BCUT2D eigenvalue weighted by molar-refractivity contribution is -0.120. The van der Waals surface area contributed by atoms with E-state index in [0.29, 0.717) is 15.3 Å². The van der Waals surface area contributed by atoms with Crippen molar-refractivity contribution in [3.8, 4) is 11.9 Å². The van der Waals surface area contributed by atoms with Gasteiger partial charge in [-0.25, -0.2) is 23.5 Å². The summed E-state index contributed by atoms with van der Waals surface area (Å²) in [6, 6.07) is 10.5. The fourth-order valence-corrected chi connectivity index (χ4v) is 3.36. The quantitative estimate of drug-likeness (QED) is 0.263. The number of hydrogen-bond donors (Lipinski definition) is 2. The highest BCUT2D eigenvalue weighted by Crippen LogP contribution is 2.23. The molecule has 2 aromatic carbocycles. The number of ether oxygens (including phenoxy) is 1. The lowest BCUT2D eigenvalue weighted by Gasteiger charge is -2.14. The molecule has 0 unspecified atom stereocenters. The molecule has 0 fully saturated rings. The number of benzene rings is 2. The van der Waals surface area contributed by atoms with Gasteiger partial charge >= 0.3 is 11.4 Å². The Morgan fingerprint density at radius 2 is 1.89 bits per heavy atom. The molecular weight excluding hydrogens is 493 g/mol. The van der Waals surface area contributed by atoms with Crippen LogP contribution in [-0.4, -0.2) is 25.8 Å². The fourth-order valence-electron chi connectivity index (χ4n) is 3.24. The highest BCUT2D eigenvalue weighted by molar-refractivity contribution is 6.30. The Hall–Kier alpha value is -4.37. The Balaban J connectivity index is 2.18. The minimum atomic E-state index is -0.948. The van der Waals surface area contributed by atoms with Crippen molar-refractivity contribution >= 4 is 23.2 Å². The Labute approximate surface area is 209 Å². The Morgan fingerprint density at radius 3 is 2.50 bits per heavy atom. The SMILES string of the molecule is CC(C)Oc1ccc(/N=c2\n(N)c(=O)n(CCC(=O)NC#N)c(=O)n2Cc2ccc(Cl)cc2)cc1F. The van der Waals surface area contributed by atoms with Crippen molar-refractivity contribution in [3.05, 3.63) is 85.5 Å². The molecule has 1 heterocycles. The summed E-state index contributed by atoms with van der Waals surface area (Å²) < 4.78 is 22.4. The van der Waals surface area contributed by atoms with E-state index in [-0.39, 0.29) is 42.7 Å². The number of nitriles is 1. The molecular formula is C23H23ClFN7O4. The molecule has 0 spiro atoms. The van der Waals surface area contributed by atoms with Gasteiger partial charge in [0.1, 0.15) is 0 Å². The third kappa shape index (κ3) is 6.19. The van der Waals surface area contributed by atoms with E-state index < -0.39 is 23.1 Å². The van der Waals surface area contributed by atoms with Crippen LogP contribution in [0.25, 0.3) is 0 Å². The van der Waals surface area contributed by atoms with Gasteiger partial charge in [0.25, 0.3) is 0 Å². The Morgan fingerprint density at radius 1 is 1.19 bits per heavy atom. The van der Waals surface area contributed by atoms with E-state index in [1.165, 1.54) is 18.3 Å². The highest BCUT2D eigenvalue weighted by atomic mass is 35.5. The fraction of sp³-hybridized carbons (Fsp3) is 0.261. The number of hydrogen-bond acceptors (Lipinski definition) is 7. The molecule has 0 saturated carbocycles. The van der Waals surface area contributed by atoms with Gasteiger partial charge in [-0.3, -0.25) is 14.7 Å². The molecule has 1 aromatic heterocycles. The predicted molar refractivity (Wildman–Crippen MR) is 129 cm³/mol. The van der Waals surface area contributed by atoms with Crippen molar-refractivity contribution in [2.45, 2.75) is 39.5 Å². The number of nitrogens with two attached hydrogens (primary N) is 1. The van der Waals surface area contributed by atoms with Crippen molar-refractivity contribution in [1.29, 1.82) is 5.26 Å². The van der Waals surface area contributed by atoms with Gasteiger partial charge in [0, 0.05) is 24.1 Å². The summed E-state index contributed by atoms with van der Waals surface area (Å²) >= 11 is 5.95. The maximum atomic E-state index is 14.5. The Bertz CT molecular complexity index is 1500. The van der Waals surface area contributed by atoms with Crippen molar-refractivity contribution in [2.24, 2.45) is 4.99 Å². The van der Waals surface area contributed by atoms with Gasteiger partial charge in [0.05, 0.1) is 18.3 Å². The topological polar surface area (TPSA) is 149 Å². The van der Waals surface area contributed by atoms with Crippen molar-refractivity contribution in [1.82, 2.24) is 19.1 Å². The molecule has 13 heteroatoms. The van der Waals surface area contributed by atoms with Crippen LogP contribution in [0.1, 0.15) is 25.8 Å². The molecule has 0 aliphatic carbocycles. The first kappa shape index (κ1) is 26.2. The van der Waals surface area contributed by atoms with Crippen LogP contribution in [0.15, 0.2) is 57.0 Å². The van der Waals surface area contributed by atoms with Gasteiger partial charge in [-0.2, -0.15) is 9.94 Å². The third-order valence-corrected chi connectivity index (χ3v) is 5.13. The van der Waals surface area contributed by atoms with Crippen LogP contribution >= 0.6 is 11.6 Å². The van der Waals surface area contributed by atoms with Gasteiger partial charge in [0.15, 0.2) is 17.8 Å². The zero-order valence-electron chi connectivity index (χ0n) is 19.4. The van der Waals surface area contributed by atoms with Gasteiger partial charge in [-0.05, 0) is 43.7 Å². The zero-order chi connectivity index (χ0) is 26.4. The summed E-state index contributed by atoms with van der Waals surface area (Å²) in [6.07, 6.45) is 0.917. The number of rotatable bonds is 8. The van der Waals surface area contributed by atoms with Crippen molar-refractivity contribution in [3.63, 3.8) is 0 Å². The van der Waals surface area contributed by atoms with Gasteiger partial charge in [-0.15, -0.1) is 0 Å². The second-order valence-corrected chi connectivity index (χ2v) is 8.34. The van der Waals surface area contributed by atoms with Crippen LogP contribution in [0, 0.1) is 17.3 Å². The van der Waals surface area contributed by atoms with Crippen LogP contribution in [0.4, 0.5) is 10.1 Å². The summed E-state index contributed by atoms with van der Waals surface area (Å²) in [4.78, 5) is 42.2. The lowest BCUT2D eigenvalue weighted by atomic mass is 10.2. The normalized spacial score (nSPS) is 11.4. The molecule has 188 valence electrons. The average molecular weight is 516 g/mol. The maximum Gasteiger partial charge on any atom is 0.353 e. The second kappa shape index (κ2) is 11.4. The minimum absolute atomic E-state index is 0.0224. The summed E-state index contributed by atoms with van der Waals surface area (Å²) in [7, 11) is 0. The first-order valence-corrected chi connectivity index (χ1v) is 11.1. The van der Waals surface area contributed by atoms with Crippen molar-refractivity contribution in [2.75, 3.05) is 5.84 Å². The summed E-state index contributed by atoms with van der Waals surface area (Å²) in [5, 5.41) is 11.0. The molecule has 36 heavy (non-hydrogen) atoms. The van der Waals surface area contributed by atoms with E-state index >= 15 is 0 Å². The van der Waals surface area contributed by atoms with E-state index in [2.05, 4.69) is 4.99 Å². The second-order valence-electron chi connectivity index (χ2n) is 7.90. The molecule has 0 aliphatic rings. The number of nitrogens with one attached hydrogen (secondary N) is 1. The number of aromatic nitrogens is 3. The van der Waals surface area contributed by atoms with Crippen molar-refractivity contribution < 1.29 is 13.9 Å². The minimum Gasteiger partial charge on any atom is -0.488 e. The zero-order valence-corrected chi connectivity index (χ0v) is 20.2. The molecule has 0 radical (unpaired) electrons. The largest absolute Gasteiger partial charge is 0.488 e. The number of carbonyl (C=O) groups is 1. The van der Waals surface area contributed by atoms with E-state index in [1.807, 2.05) is 5.32 Å². The summed E-state index contributed by atoms with van der Waals surface area (Å²) in [5.74, 6) is 4.68. The summed E-state index contributed by atoms with van der Waals surface area (Å²) in [6.45, 7) is 3.11. The molecule has 1 amide bonds. The molecule has 0 aliphatic heterocycles. The highest BCUT2D eigenvalue weighted by Gasteiger charge is 2.15. The van der Waals surface area contributed by atoms with Crippen LogP contribution in [-0.2, 0) is 17.9 Å². The number of nitrogen functional groups attached to an aromatic ring is 1. The van der Waals surface area contributed by atoms with Crippen LogP contribution < -0.4 is 32.9 Å². The molecule has 0 saturated heterocycles. The van der Waals surface area contributed by atoms with Crippen LogP contribution in [0.2, 0.25) is 5.02 Å². The van der Waals surface area contributed by atoms with Crippen LogP contribution in [0.3, 0.4) is 0 Å². The van der Waals surface area contributed by atoms with Gasteiger partial charge in [0.2, 0.25) is 11.5 Å². The molecule has 0 bridgehead atoms. The Kier molecular flexibility index (Phi) is 8.29. The number of carbonyl (C=O) groups excluding carboxylic acids is 1. The third-order valence-electron chi connectivity index (χ3n) is 4.87. The maximum absolute atomic E-state index is 14.5. The molecule has 3 aromatic rings. The molecule has 11 nitrogen and oxygen atoms in total. The van der Waals surface area contributed by atoms with E-state index in [4.69, 9.17) is 27.4 Å². The monoisotopic (exact) mass is 515 g/mol. The number of nitrogens with zero attached hydrogens (tertiary/aromatic N) is 5. The first-order chi connectivity index (χ1) is 17.1.